The first kappa shape index (κ1) is 20.4. The number of anilines is 2. The summed E-state index contributed by atoms with van der Waals surface area (Å²) in [4.78, 5) is 16.7. The summed E-state index contributed by atoms with van der Waals surface area (Å²) in [7, 11) is 1.90. The molecule has 1 saturated carbocycles. The van der Waals surface area contributed by atoms with Gasteiger partial charge in [-0.05, 0) is 44.7 Å². The van der Waals surface area contributed by atoms with Gasteiger partial charge < -0.3 is 20.1 Å². The molecule has 0 radical (unpaired) electrons. The minimum Gasteiger partial charge on any atom is -0.481 e. The van der Waals surface area contributed by atoms with Gasteiger partial charge in [0.25, 0.3) is 0 Å². The fourth-order valence-corrected chi connectivity index (χ4v) is 4.83. The third-order valence-electron chi connectivity index (χ3n) is 6.91. The van der Waals surface area contributed by atoms with E-state index < -0.39 is 0 Å². The lowest BCUT2D eigenvalue weighted by molar-refractivity contribution is -0.0228. The largest absolute Gasteiger partial charge is 0.481 e. The Morgan fingerprint density at radius 2 is 2.06 bits per heavy atom. The SMILES string of the molecule is CC(Oc1cc(-c2cc(N3C[C@@H]4CC[C@H]3CO4)nc(C3CC3)n2)cnc1N)c1ccnn1C. The van der Waals surface area contributed by atoms with Crippen molar-refractivity contribution in [2.75, 3.05) is 23.8 Å². The Kier molecular flexibility index (Phi) is 4.94. The van der Waals surface area contributed by atoms with Crippen molar-refractivity contribution in [3.8, 4) is 17.0 Å². The molecular weight excluding hydrogens is 418 g/mol. The van der Waals surface area contributed by atoms with Gasteiger partial charge in [-0.15, -0.1) is 0 Å². The Bertz CT molecular complexity index is 1170. The van der Waals surface area contributed by atoms with Gasteiger partial charge in [-0.2, -0.15) is 5.10 Å². The molecule has 33 heavy (non-hydrogen) atoms. The monoisotopic (exact) mass is 447 g/mol. The van der Waals surface area contributed by atoms with Crippen molar-refractivity contribution in [3.05, 3.63) is 42.1 Å². The van der Waals surface area contributed by atoms with Crippen molar-refractivity contribution in [2.45, 2.75) is 56.8 Å². The van der Waals surface area contributed by atoms with Gasteiger partial charge in [-0.3, -0.25) is 4.68 Å². The molecule has 3 aromatic rings. The summed E-state index contributed by atoms with van der Waals surface area (Å²) >= 11 is 0. The molecular formula is C24H29N7O2. The number of hydrogen-bond donors (Lipinski definition) is 1. The molecule has 1 unspecified atom stereocenters. The number of nitrogens with zero attached hydrogens (tertiary/aromatic N) is 6. The van der Waals surface area contributed by atoms with Crippen molar-refractivity contribution in [3.63, 3.8) is 0 Å². The molecule has 2 bridgehead atoms. The summed E-state index contributed by atoms with van der Waals surface area (Å²) in [5.74, 6) is 3.26. The van der Waals surface area contributed by atoms with Crippen molar-refractivity contribution in [1.29, 1.82) is 0 Å². The van der Waals surface area contributed by atoms with E-state index in [0.717, 1.165) is 67.4 Å². The molecule has 9 heteroatoms. The number of nitrogen functional groups attached to an aromatic ring is 1. The Labute approximate surface area is 193 Å². The quantitative estimate of drug-likeness (QED) is 0.614. The zero-order chi connectivity index (χ0) is 22.5. The molecule has 0 amide bonds. The highest BCUT2D eigenvalue weighted by molar-refractivity contribution is 5.67. The molecule has 3 atom stereocenters. The molecule has 4 fully saturated rings. The first-order chi connectivity index (χ1) is 16.0. The molecule has 0 spiro atoms. The lowest BCUT2D eigenvalue weighted by Gasteiger charge is -2.45. The van der Waals surface area contributed by atoms with Crippen LogP contribution in [-0.2, 0) is 11.8 Å². The van der Waals surface area contributed by atoms with Crippen LogP contribution in [0.2, 0.25) is 0 Å². The number of nitrogens with two attached hydrogens (primary N) is 1. The van der Waals surface area contributed by atoms with Crippen molar-refractivity contribution in [1.82, 2.24) is 24.7 Å². The van der Waals surface area contributed by atoms with Gasteiger partial charge in [0.15, 0.2) is 11.6 Å². The van der Waals surface area contributed by atoms with Crippen molar-refractivity contribution in [2.24, 2.45) is 7.05 Å². The van der Waals surface area contributed by atoms with Gasteiger partial charge in [0, 0.05) is 43.5 Å². The Morgan fingerprint density at radius 3 is 2.73 bits per heavy atom. The van der Waals surface area contributed by atoms with Crippen LogP contribution in [0, 0.1) is 0 Å². The first-order valence-electron chi connectivity index (χ1n) is 11.7. The summed E-state index contributed by atoms with van der Waals surface area (Å²) in [5, 5.41) is 4.23. The number of hydrogen-bond acceptors (Lipinski definition) is 8. The Morgan fingerprint density at radius 1 is 1.18 bits per heavy atom. The molecule has 3 aliphatic heterocycles. The second-order valence-electron chi connectivity index (χ2n) is 9.33. The number of fused-ring (bicyclic) bond motifs is 3. The molecule has 1 aliphatic carbocycles. The highest BCUT2D eigenvalue weighted by atomic mass is 16.5. The van der Waals surface area contributed by atoms with Crippen LogP contribution in [-0.4, -0.2) is 50.0 Å². The minimum atomic E-state index is -0.219. The van der Waals surface area contributed by atoms with Crippen LogP contribution >= 0.6 is 0 Å². The van der Waals surface area contributed by atoms with Crippen molar-refractivity contribution < 1.29 is 9.47 Å². The van der Waals surface area contributed by atoms with E-state index in [1.807, 2.05) is 26.1 Å². The van der Waals surface area contributed by atoms with Gasteiger partial charge in [-0.25, -0.2) is 15.0 Å². The fourth-order valence-electron chi connectivity index (χ4n) is 4.83. The van der Waals surface area contributed by atoms with Crippen LogP contribution in [0.25, 0.3) is 11.3 Å². The third-order valence-corrected chi connectivity index (χ3v) is 6.91. The molecule has 2 N–H and O–H groups in total. The molecule has 0 aromatic carbocycles. The zero-order valence-electron chi connectivity index (χ0n) is 19.0. The standard InChI is InChI=1S/C24H29N7O2/c1-14(20-7-8-27-30(20)2)33-21-9-16(11-26-23(21)25)19-10-22(29-24(28-19)15-3-4-15)31-12-18-6-5-17(31)13-32-18/h7-11,14-15,17-18H,3-6,12-13H2,1-2H3,(H2,25,26)/t14?,17-,18-/m0/s1. The molecule has 3 aromatic heterocycles. The van der Waals surface area contributed by atoms with E-state index in [-0.39, 0.29) is 6.10 Å². The maximum Gasteiger partial charge on any atom is 0.166 e. The zero-order valence-corrected chi connectivity index (χ0v) is 19.0. The van der Waals surface area contributed by atoms with Crippen LogP contribution < -0.4 is 15.4 Å². The number of piperidine rings is 1. The third kappa shape index (κ3) is 3.90. The highest BCUT2D eigenvalue weighted by Gasteiger charge is 2.36. The van der Waals surface area contributed by atoms with Crippen LogP contribution in [0.3, 0.4) is 0 Å². The smallest absolute Gasteiger partial charge is 0.166 e. The number of ether oxygens (including phenoxy) is 2. The summed E-state index contributed by atoms with van der Waals surface area (Å²) < 4.78 is 13.9. The summed E-state index contributed by atoms with van der Waals surface area (Å²) in [6.45, 7) is 3.64. The van der Waals surface area contributed by atoms with Gasteiger partial charge in [0.2, 0.25) is 0 Å². The lowest BCUT2D eigenvalue weighted by Crippen LogP contribution is -2.54. The molecule has 172 valence electrons. The Balaban J connectivity index is 1.34. The van der Waals surface area contributed by atoms with Gasteiger partial charge in [-0.1, -0.05) is 0 Å². The van der Waals surface area contributed by atoms with Gasteiger partial charge >= 0.3 is 0 Å². The maximum atomic E-state index is 6.19. The van der Waals surface area contributed by atoms with E-state index in [9.17, 15) is 0 Å². The number of aromatic nitrogens is 5. The fraction of sp³-hybridized carbons (Fsp3) is 0.500. The lowest BCUT2D eigenvalue weighted by atomic mass is 9.97. The van der Waals surface area contributed by atoms with E-state index in [0.29, 0.717) is 29.6 Å². The van der Waals surface area contributed by atoms with E-state index in [2.05, 4.69) is 21.0 Å². The van der Waals surface area contributed by atoms with E-state index in [1.54, 1.807) is 17.1 Å². The summed E-state index contributed by atoms with van der Waals surface area (Å²) in [5.41, 5.74) is 8.86. The molecule has 7 rings (SSSR count). The molecule has 9 nitrogen and oxygen atoms in total. The average molecular weight is 448 g/mol. The second kappa shape index (κ2) is 7.98. The van der Waals surface area contributed by atoms with Gasteiger partial charge in [0.05, 0.1) is 30.1 Å². The van der Waals surface area contributed by atoms with Gasteiger partial charge in [0.1, 0.15) is 17.7 Å². The van der Waals surface area contributed by atoms with Crippen molar-refractivity contribution >= 4 is 11.6 Å². The summed E-state index contributed by atoms with van der Waals surface area (Å²) in [6, 6.07) is 6.33. The molecule has 3 saturated heterocycles. The van der Waals surface area contributed by atoms with Crippen LogP contribution in [0.15, 0.2) is 30.6 Å². The number of morpholine rings is 1. The highest BCUT2D eigenvalue weighted by Crippen LogP contribution is 2.41. The topological polar surface area (TPSA) is 104 Å². The van der Waals surface area contributed by atoms with Crippen LogP contribution in [0.4, 0.5) is 11.6 Å². The van der Waals surface area contributed by atoms with E-state index >= 15 is 0 Å². The predicted molar refractivity (Wildman–Crippen MR) is 124 cm³/mol. The second-order valence-corrected chi connectivity index (χ2v) is 9.33. The predicted octanol–water partition coefficient (Wildman–Crippen LogP) is 3.24. The van der Waals surface area contributed by atoms with Crippen LogP contribution in [0.1, 0.15) is 56.1 Å². The molecule has 6 heterocycles. The van der Waals surface area contributed by atoms with E-state index in [4.69, 9.17) is 25.2 Å². The minimum absolute atomic E-state index is 0.219. The number of pyridine rings is 1. The Hall–Kier alpha value is -3.20. The number of rotatable bonds is 6. The molecule has 4 aliphatic rings. The van der Waals surface area contributed by atoms with E-state index in [1.165, 1.54) is 0 Å². The summed E-state index contributed by atoms with van der Waals surface area (Å²) in [6.07, 6.45) is 8.18. The normalized spacial score (nSPS) is 23.0. The average Bonchev–Trinajstić information content (AvgIpc) is 3.61. The first-order valence-corrected chi connectivity index (χ1v) is 11.7. The number of aryl methyl sites for hydroxylation is 1. The van der Waals surface area contributed by atoms with Crippen LogP contribution in [0.5, 0.6) is 5.75 Å². The maximum absolute atomic E-state index is 6.19.